The summed E-state index contributed by atoms with van der Waals surface area (Å²) < 4.78 is 1.99. The predicted octanol–water partition coefficient (Wildman–Crippen LogP) is 3.75. The third-order valence-electron chi connectivity index (χ3n) is 4.66. The maximum absolute atomic E-state index is 12.5. The molecule has 0 unspecified atom stereocenters. The Morgan fingerprint density at radius 1 is 1.04 bits per heavy atom. The first-order chi connectivity index (χ1) is 13.0. The Morgan fingerprint density at radius 2 is 1.74 bits per heavy atom. The average Bonchev–Trinajstić information content (AvgIpc) is 3.04. The second-order valence-corrected chi connectivity index (χ2v) is 7.11. The number of aromatic nitrogens is 3. The zero-order chi connectivity index (χ0) is 19.0. The smallest absolute Gasteiger partial charge is 0.260 e. The fourth-order valence-electron chi connectivity index (χ4n) is 3.35. The Morgan fingerprint density at radius 3 is 2.41 bits per heavy atom. The maximum atomic E-state index is 12.5. The fourth-order valence-corrected chi connectivity index (χ4v) is 3.35. The normalized spacial score (nSPS) is 11.4. The minimum absolute atomic E-state index is 0.126. The van der Waals surface area contributed by atoms with Gasteiger partial charge in [0.2, 0.25) is 0 Å². The molecule has 0 bridgehead atoms. The predicted molar refractivity (Wildman–Crippen MR) is 109 cm³/mol. The summed E-state index contributed by atoms with van der Waals surface area (Å²) in [6.07, 6.45) is 3.46. The van der Waals surface area contributed by atoms with E-state index in [4.69, 9.17) is 0 Å². The van der Waals surface area contributed by atoms with Crippen LogP contribution in [0.4, 0.5) is 0 Å². The zero-order valence-electron chi connectivity index (χ0n) is 15.7. The summed E-state index contributed by atoms with van der Waals surface area (Å²) in [4.78, 5) is 21.8. The molecule has 4 aromatic rings. The van der Waals surface area contributed by atoms with Crippen LogP contribution in [-0.4, -0.2) is 33.5 Å². The molecular weight excluding hydrogens is 336 g/mol. The molecule has 0 amide bonds. The Balaban J connectivity index is 1.88. The maximum Gasteiger partial charge on any atom is 0.260 e. The highest BCUT2D eigenvalue weighted by Crippen LogP contribution is 2.29. The van der Waals surface area contributed by atoms with Gasteiger partial charge in [-0.15, -0.1) is 0 Å². The molecule has 2 heterocycles. The SMILES string of the molecule is Cc1ccc(-c2cn(-c3ccc(CN(C)C)cc3)c3nc[nH]c(=O)c23)cc1. The van der Waals surface area contributed by atoms with Crippen LogP contribution in [0.5, 0.6) is 0 Å². The van der Waals surface area contributed by atoms with Crippen LogP contribution in [0, 0.1) is 6.92 Å². The molecule has 0 atom stereocenters. The molecule has 0 fully saturated rings. The number of nitrogens with zero attached hydrogens (tertiary/aromatic N) is 3. The number of hydrogen-bond acceptors (Lipinski definition) is 3. The molecule has 0 saturated carbocycles. The van der Waals surface area contributed by atoms with Gasteiger partial charge >= 0.3 is 0 Å². The first-order valence-corrected chi connectivity index (χ1v) is 8.93. The molecule has 0 radical (unpaired) electrons. The van der Waals surface area contributed by atoms with Crippen molar-refractivity contribution in [2.24, 2.45) is 0 Å². The Kier molecular flexibility index (Phi) is 4.38. The first-order valence-electron chi connectivity index (χ1n) is 8.93. The third kappa shape index (κ3) is 3.29. The van der Waals surface area contributed by atoms with Gasteiger partial charge < -0.3 is 14.5 Å². The lowest BCUT2D eigenvalue weighted by Gasteiger charge is -2.10. The number of hydrogen-bond donors (Lipinski definition) is 1. The van der Waals surface area contributed by atoms with Gasteiger partial charge in [0, 0.05) is 24.0 Å². The van der Waals surface area contributed by atoms with Crippen molar-refractivity contribution in [1.29, 1.82) is 0 Å². The van der Waals surface area contributed by atoms with E-state index in [0.29, 0.717) is 11.0 Å². The average molecular weight is 358 g/mol. The van der Waals surface area contributed by atoms with Crippen molar-refractivity contribution < 1.29 is 0 Å². The van der Waals surface area contributed by atoms with Gasteiger partial charge in [-0.1, -0.05) is 42.0 Å². The Labute approximate surface area is 157 Å². The van der Waals surface area contributed by atoms with Crippen LogP contribution in [0.25, 0.3) is 27.8 Å². The van der Waals surface area contributed by atoms with Crippen molar-refractivity contribution >= 4 is 11.0 Å². The molecule has 0 saturated heterocycles. The molecule has 0 spiro atoms. The van der Waals surface area contributed by atoms with E-state index in [1.54, 1.807) is 0 Å². The van der Waals surface area contributed by atoms with Crippen LogP contribution in [0.15, 0.2) is 65.8 Å². The Hall–Kier alpha value is -3.18. The molecule has 2 aromatic heterocycles. The van der Waals surface area contributed by atoms with Gasteiger partial charge in [-0.3, -0.25) is 4.79 Å². The third-order valence-corrected chi connectivity index (χ3v) is 4.66. The van der Waals surface area contributed by atoms with Gasteiger partial charge in [-0.25, -0.2) is 4.98 Å². The second kappa shape index (κ2) is 6.85. The number of H-pyrrole nitrogens is 1. The van der Waals surface area contributed by atoms with Gasteiger partial charge in [-0.05, 0) is 44.3 Å². The van der Waals surface area contributed by atoms with Crippen molar-refractivity contribution in [3.05, 3.63) is 82.5 Å². The highest BCUT2D eigenvalue weighted by molar-refractivity contribution is 5.94. The lowest BCUT2D eigenvalue weighted by molar-refractivity contribution is 0.402. The number of nitrogens with one attached hydrogen (secondary N) is 1. The van der Waals surface area contributed by atoms with Crippen molar-refractivity contribution in [3.63, 3.8) is 0 Å². The van der Waals surface area contributed by atoms with E-state index in [-0.39, 0.29) is 5.56 Å². The molecule has 4 rings (SSSR count). The van der Waals surface area contributed by atoms with Crippen LogP contribution in [0.1, 0.15) is 11.1 Å². The van der Waals surface area contributed by atoms with E-state index in [1.165, 1.54) is 17.5 Å². The standard InChI is InChI=1S/C22H22N4O/c1-15-4-8-17(9-5-15)19-13-26(21-20(19)22(27)24-14-23-21)18-10-6-16(7-11-18)12-25(2)3/h4-11,13-14H,12H2,1-3H3,(H,23,24,27). The van der Waals surface area contributed by atoms with Crippen LogP contribution in [0.2, 0.25) is 0 Å². The van der Waals surface area contributed by atoms with Crippen molar-refractivity contribution in [2.45, 2.75) is 13.5 Å². The van der Waals surface area contributed by atoms with Gasteiger partial charge in [0.05, 0.1) is 11.7 Å². The number of aryl methyl sites for hydroxylation is 1. The molecule has 0 aliphatic heterocycles. The molecule has 5 heteroatoms. The minimum atomic E-state index is -0.126. The molecule has 27 heavy (non-hydrogen) atoms. The molecule has 2 aromatic carbocycles. The van der Waals surface area contributed by atoms with Crippen LogP contribution in [0.3, 0.4) is 0 Å². The van der Waals surface area contributed by atoms with Gasteiger partial charge in [0.25, 0.3) is 5.56 Å². The molecule has 1 N–H and O–H groups in total. The number of aromatic amines is 1. The molecular formula is C22H22N4O. The van der Waals surface area contributed by atoms with E-state index in [1.807, 2.05) is 22.9 Å². The minimum Gasteiger partial charge on any atom is -0.312 e. The topological polar surface area (TPSA) is 53.9 Å². The van der Waals surface area contributed by atoms with Crippen LogP contribution >= 0.6 is 0 Å². The molecule has 0 aliphatic carbocycles. The van der Waals surface area contributed by atoms with Gasteiger partial charge in [-0.2, -0.15) is 0 Å². The first kappa shape index (κ1) is 17.2. The lowest BCUT2D eigenvalue weighted by atomic mass is 10.1. The number of fused-ring (bicyclic) bond motifs is 1. The summed E-state index contributed by atoms with van der Waals surface area (Å²) in [7, 11) is 4.11. The van der Waals surface area contributed by atoms with E-state index in [9.17, 15) is 4.79 Å². The van der Waals surface area contributed by atoms with Crippen LogP contribution in [-0.2, 0) is 6.54 Å². The largest absolute Gasteiger partial charge is 0.312 e. The summed E-state index contributed by atoms with van der Waals surface area (Å²) in [5.74, 6) is 0. The van der Waals surface area contributed by atoms with Crippen molar-refractivity contribution in [3.8, 4) is 16.8 Å². The molecule has 136 valence electrons. The van der Waals surface area contributed by atoms with E-state index < -0.39 is 0 Å². The number of rotatable bonds is 4. The summed E-state index contributed by atoms with van der Waals surface area (Å²) in [6, 6.07) is 16.6. The summed E-state index contributed by atoms with van der Waals surface area (Å²) in [5.41, 5.74) is 5.84. The quantitative estimate of drug-likeness (QED) is 0.604. The van der Waals surface area contributed by atoms with Gasteiger partial charge in [0.15, 0.2) is 5.65 Å². The monoisotopic (exact) mass is 358 g/mol. The number of benzene rings is 2. The van der Waals surface area contributed by atoms with Crippen molar-refractivity contribution in [2.75, 3.05) is 14.1 Å². The van der Waals surface area contributed by atoms with Crippen LogP contribution < -0.4 is 5.56 Å². The van der Waals surface area contributed by atoms with E-state index in [2.05, 4.69) is 72.3 Å². The Bertz CT molecular complexity index is 1140. The highest BCUT2D eigenvalue weighted by Gasteiger charge is 2.15. The molecule has 5 nitrogen and oxygen atoms in total. The summed E-state index contributed by atoms with van der Waals surface area (Å²) >= 11 is 0. The molecule has 0 aliphatic rings. The fraction of sp³-hybridized carbons (Fsp3) is 0.182. The van der Waals surface area contributed by atoms with E-state index in [0.717, 1.165) is 23.4 Å². The summed E-state index contributed by atoms with van der Waals surface area (Å²) in [6.45, 7) is 2.94. The van der Waals surface area contributed by atoms with Crippen molar-refractivity contribution in [1.82, 2.24) is 19.4 Å². The zero-order valence-corrected chi connectivity index (χ0v) is 15.7. The highest BCUT2D eigenvalue weighted by atomic mass is 16.1. The second-order valence-electron chi connectivity index (χ2n) is 7.11. The van der Waals surface area contributed by atoms with Gasteiger partial charge in [0.1, 0.15) is 0 Å². The van der Waals surface area contributed by atoms with E-state index >= 15 is 0 Å². The summed E-state index contributed by atoms with van der Waals surface area (Å²) in [5, 5.41) is 0.610. The lowest BCUT2D eigenvalue weighted by Crippen LogP contribution is -2.10.